The standard InChI is InChI=1S/C16H10INO2/c17-10-5-7-11(8-6-10)18-14-9-15(19)12-3-1-2-4-13(12)16(14)20/h1-9,18H. The summed E-state index contributed by atoms with van der Waals surface area (Å²) in [6, 6.07) is 14.5. The SMILES string of the molecule is O=C1C=C(Nc2ccc(I)cc2)C(=O)c2ccccc21. The van der Waals surface area contributed by atoms with Gasteiger partial charge in [0.2, 0.25) is 5.78 Å². The van der Waals surface area contributed by atoms with Gasteiger partial charge in [-0.15, -0.1) is 0 Å². The van der Waals surface area contributed by atoms with E-state index in [1.165, 1.54) is 6.08 Å². The van der Waals surface area contributed by atoms with Gasteiger partial charge < -0.3 is 5.32 Å². The van der Waals surface area contributed by atoms with Crippen molar-refractivity contribution in [2.75, 3.05) is 5.32 Å². The summed E-state index contributed by atoms with van der Waals surface area (Å²) >= 11 is 2.21. The van der Waals surface area contributed by atoms with Crippen molar-refractivity contribution < 1.29 is 9.59 Å². The summed E-state index contributed by atoms with van der Waals surface area (Å²) in [5, 5.41) is 3.02. The minimum Gasteiger partial charge on any atom is -0.352 e. The predicted molar refractivity (Wildman–Crippen MR) is 86.0 cm³/mol. The Labute approximate surface area is 129 Å². The lowest BCUT2D eigenvalue weighted by molar-refractivity contribution is 0.0985. The maximum atomic E-state index is 12.3. The van der Waals surface area contributed by atoms with Gasteiger partial charge in [-0.2, -0.15) is 0 Å². The first-order chi connectivity index (χ1) is 9.65. The van der Waals surface area contributed by atoms with E-state index in [1.54, 1.807) is 24.3 Å². The van der Waals surface area contributed by atoms with Crippen LogP contribution in [0.3, 0.4) is 0 Å². The van der Waals surface area contributed by atoms with Gasteiger partial charge in [0.15, 0.2) is 5.78 Å². The molecule has 1 aliphatic rings. The second-order valence-corrected chi connectivity index (χ2v) is 5.67. The number of hydrogen-bond acceptors (Lipinski definition) is 3. The highest BCUT2D eigenvalue weighted by atomic mass is 127. The van der Waals surface area contributed by atoms with E-state index in [1.807, 2.05) is 24.3 Å². The summed E-state index contributed by atoms with van der Waals surface area (Å²) in [5.74, 6) is -0.299. The van der Waals surface area contributed by atoms with E-state index in [-0.39, 0.29) is 11.6 Å². The molecule has 0 saturated heterocycles. The highest BCUT2D eigenvalue weighted by Gasteiger charge is 2.24. The number of ketones is 2. The Morgan fingerprint density at radius 3 is 2.20 bits per heavy atom. The maximum Gasteiger partial charge on any atom is 0.210 e. The molecular weight excluding hydrogens is 365 g/mol. The fraction of sp³-hybridized carbons (Fsp3) is 0. The van der Waals surface area contributed by atoms with Crippen molar-refractivity contribution in [3.63, 3.8) is 0 Å². The van der Waals surface area contributed by atoms with Crippen molar-refractivity contribution >= 4 is 39.8 Å². The van der Waals surface area contributed by atoms with Gasteiger partial charge in [-0.3, -0.25) is 9.59 Å². The monoisotopic (exact) mass is 375 g/mol. The first-order valence-electron chi connectivity index (χ1n) is 6.07. The van der Waals surface area contributed by atoms with Crippen molar-refractivity contribution in [1.82, 2.24) is 0 Å². The number of fused-ring (bicyclic) bond motifs is 1. The van der Waals surface area contributed by atoms with Crippen LogP contribution < -0.4 is 5.32 Å². The number of carbonyl (C=O) groups is 2. The number of benzene rings is 2. The van der Waals surface area contributed by atoms with Gasteiger partial charge in [-0.05, 0) is 46.9 Å². The highest BCUT2D eigenvalue weighted by Crippen LogP contribution is 2.22. The molecule has 0 saturated carbocycles. The number of Topliss-reactive ketones (excluding diaryl/α,β-unsaturated/α-hetero) is 1. The molecule has 0 heterocycles. The third kappa shape index (κ3) is 2.38. The average molecular weight is 375 g/mol. The average Bonchev–Trinajstić information content (AvgIpc) is 2.47. The Morgan fingerprint density at radius 1 is 0.850 bits per heavy atom. The Kier molecular flexibility index (Phi) is 3.40. The zero-order valence-electron chi connectivity index (χ0n) is 10.4. The molecule has 1 N–H and O–H groups in total. The minimum atomic E-state index is -0.154. The van der Waals surface area contributed by atoms with Crippen LogP contribution in [0.25, 0.3) is 0 Å². The van der Waals surface area contributed by atoms with Crippen LogP contribution in [0.2, 0.25) is 0 Å². The molecule has 0 aliphatic heterocycles. The van der Waals surface area contributed by atoms with Crippen molar-refractivity contribution in [3.8, 4) is 0 Å². The second-order valence-electron chi connectivity index (χ2n) is 4.43. The molecule has 2 aromatic rings. The minimum absolute atomic E-state index is 0.145. The lowest BCUT2D eigenvalue weighted by Gasteiger charge is -2.16. The number of nitrogens with one attached hydrogen (secondary N) is 1. The summed E-state index contributed by atoms with van der Waals surface area (Å²) in [6.07, 6.45) is 1.36. The van der Waals surface area contributed by atoms with E-state index in [0.717, 1.165) is 9.26 Å². The van der Waals surface area contributed by atoms with Gasteiger partial charge in [0, 0.05) is 26.5 Å². The molecule has 0 fully saturated rings. The van der Waals surface area contributed by atoms with E-state index >= 15 is 0 Å². The van der Waals surface area contributed by atoms with Gasteiger partial charge in [0.05, 0.1) is 5.70 Å². The molecular formula is C16H10INO2. The molecule has 0 unspecified atom stereocenters. The molecule has 20 heavy (non-hydrogen) atoms. The molecule has 98 valence electrons. The van der Waals surface area contributed by atoms with Gasteiger partial charge in [0.25, 0.3) is 0 Å². The summed E-state index contributed by atoms with van der Waals surface area (Å²) in [5.41, 5.74) is 2.02. The maximum absolute atomic E-state index is 12.3. The lowest BCUT2D eigenvalue weighted by Crippen LogP contribution is -2.21. The zero-order valence-corrected chi connectivity index (χ0v) is 12.5. The van der Waals surface area contributed by atoms with Gasteiger partial charge >= 0.3 is 0 Å². The van der Waals surface area contributed by atoms with Crippen LogP contribution in [-0.4, -0.2) is 11.6 Å². The number of carbonyl (C=O) groups excluding carboxylic acids is 2. The summed E-state index contributed by atoms with van der Waals surface area (Å²) in [6.45, 7) is 0. The van der Waals surface area contributed by atoms with Crippen LogP contribution >= 0.6 is 22.6 Å². The van der Waals surface area contributed by atoms with Crippen LogP contribution in [0.15, 0.2) is 60.3 Å². The van der Waals surface area contributed by atoms with Crippen LogP contribution in [0.4, 0.5) is 5.69 Å². The Balaban J connectivity index is 1.94. The molecule has 0 bridgehead atoms. The molecule has 1 aliphatic carbocycles. The van der Waals surface area contributed by atoms with Gasteiger partial charge in [0.1, 0.15) is 0 Å². The number of halogens is 1. The third-order valence-corrected chi connectivity index (χ3v) is 3.80. The summed E-state index contributed by atoms with van der Waals surface area (Å²) < 4.78 is 1.11. The van der Waals surface area contributed by atoms with E-state index in [2.05, 4.69) is 27.9 Å². The van der Waals surface area contributed by atoms with Crippen molar-refractivity contribution in [2.45, 2.75) is 0 Å². The van der Waals surface area contributed by atoms with E-state index < -0.39 is 0 Å². The normalized spacial score (nSPS) is 13.8. The Morgan fingerprint density at radius 2 is 1.50 bits per heavy atom. The fourth-order valence-electron chi connectivity index (χ4n) is 2.10. The highest BCUT2D eigenvalue weighted by molar-refractivity contribution is 14.1. The third-order valence-electron chi connectivity index (χ3n) is 3.08. The molecule has 0 atom stereocenters. The number of allylic oxidation sites excluding steroid dienone is 2. The number of anilines is 1. The molecule has 0 amide bonds. The van der Waals surface area contributed by atoms with Crippen LogP contribution in [-0.2, 0) is 0 Å². The van der Waals surface area contributed by atoms with Crippen LogP contribution in [0.5, 0.6) is 0 Å². The molecule has 4 heteroatoms. The van der Waals surface area contributed by atoms with Crippen molar-refractivity contribution in [3.05, 3.63) is 75.0 Å². The fourth-order valence-corrected chi connectivity index (χ4v) is 2.46. The molecule has 0 radical (unpaired) electrons. The van der Waals surface area contributed by atoms with E-state index in [9.17, 15) is 9.59 Å². The largest absolute Gasteiger partial charge is 0.352 e. The van der Waals surface area contributed by atoms with Crippen LogP contribution in [0.1, 0.15) is 20.7 Å². The number of hydrogen-bond donors (Lipinski definition) is 1. The van der Waals surface area contributed by atoms with Crippen molar-refractivity contribution in [1.29, 1.82) is 0 Å². The molecule has 3 nitrogen and oxygen atoms in total. The summed E-state index contributed by atoms with van der Waals surface area (Å²) in [4.78, 5) is 24.4. The van der Waals surface area contributed by atoms with Gasteiger partial charge in [-0.25, -0.2) is 0 Å². The molecule has 2 aromatic carbocycles. The molecule has 0 aromatic heterocycles. The van der Waals surface area contributed by atoms with E-state index in [0.29, 0.717) is 16.8 Å². The topological polar surface area (TPSA) is 46.2 Å². The predicted octanol–water partition coefficient (Wildman–Crippen LogP) is 3.67. The van der Waals surface area contributed by atoms with Crippen molar-refractivity contribution in [2.24, 2.45) is 0 Å². The molecule has 3 rings (SSSR count). The quantitative estimate of drug-likeness (QED) is 0.815. The number of rotatable bonds is 2. The molecule has 0 spiro atoms. The Hall–Kier alpha value is -1.95. The second kappa shape index (κ2) is 5.20. The first-order valence-corrected chi connectivity index (χ1v) is 7.15. The Bertz CT molecular complexity index is 732. The zero-order chi connectivity index (χ0) is 14.1. The van der Waals surface area contributed by atoms with Gasteiger partial charge in [-0.1, -0.05) is 24.3 Å². The lowest BCUT2D eigenvalue weighted by atomic mass is 9.92. The first kappa shape index (κ1) is 13.1. The van der Waals surface area contributed by atoms with Crippen LogP contribution in [0, 0.1) is 3.57 Å². The van der Waals surface area contributed by atoms with E-state index in [4.69, 9.17) is 0 Å². The smallest absolute Gasteiger partial charge is 0.210 e. The summed E-state index contributed by atoms with van der Waals surface area (Å²) in [7, 11) is 0.